The number of piperidine rings is 1. The molecule has 2 aromatic rings. The number of benzene rings is 1. The van der Waals surface area contributed by atoms with Gasteiger partial charge in [0.05, 0.1) is 18.5 Å². The molecule has 3 fully saturated rings. The first kappa shape index (κ1) is 24.0. The fourth-order valence-corrected chi connectivity index (χ4v) is 5.69. The summed E-state index contributed by atoms with van der Waals surface area (Å²) in [5, 5.41) is 11.2. The van der Waals surface area contributed by atoms with Crippen molar-refractivity contribution in [2.45, 2.75) is 57.1 Å². The number of carbonyl (C=O) groups excluding carboxylic acids is 1. The van der Waals surface area contributed by atoms with Gasteiger partial charge in [0, 0.05) is 57.3 Å². The van der Waals surface area contributed by atoms with E-state index in [-0.39, 0.29) is 23.9 Å². The summed E-state index contributed by atoms with van der Waals surface area (Å²) in [4.78, 5) is 34.1. The second-order valence-electron chi connectivity index (χ2n) is 10.8. The molecule has 1 spiro atoms. The summed E-state index contributed by atoms with van der Waals surface area (Å²) in [5.74, 6) is 0.979. The van der Waals surface area contributed by atoms with Crippen molar-refractivity contribution in [1.82, 2.24) is 14.5 Å². The maximum atomic E-state index is 12.8. The minimum atomic E-state index is -1.02. The van der Waals surface area contributed by atoms with Crippen molar-refractivity contribution in [3.8, 4) is 0 Å². The molecule has 4 heterocycles. The molecule has 1 amide bonds. The van der Waals surface area contributed by atoms with Crippen LogP contribution in [-0.4, -0.2) is 70.5 Å². The van der Waals surface area contributed by atoms with Gasteiger partial charge in [-0.1, -0.05) is 37.3 Å². The van der Waals surface area contributed by atoms with Crippen LogP contribution in [0.15, 0.2) is 47.5 Å². The summed E-state index contributed by atoms with van der Waals surface area (Å²) in [6, 6.07) is 11.6. The van der Waals surface area contributed by atoms with Crippen LogP contribution in [0.1, 0.15) is 50.5 Å². The van der Waals surface area contributed by atoms with Gasteiger partial charge in [-0.15, -0.1) is 0 Å². The predicted octanol–water partition coefficient (Wildman–Crippen LogP) is 2.41. The molecule has 1 N–H and O–H groups in total. The second-order valence-corrected chi connectivity index (χ2v) is 10.8. The monoisotopic (exact) mass is 480 g/mol. The lowest BCUT2D eigenvalue weighted by Crippen LogP contribution is -2.59. The van der Waals surface area contributed by atoms with Crippen LogP contribution >= 0.6 is 0 Å². The number of amides is 1. The minimum Gasteiger partial charge on any atom is -0.388 e. The molecule has 3 aliphatic heterocycles. The second kappa shape index (κ2) is 9.74. The predicted molar refractivity (Wildman–Crippen MR) is 133 cm³/mol. The standard InChI is InChI=1S/C27H36N4O4/c1-21(22-5-3-2-4-6-22)15-24(32)29-11-7-27(34,8-12-29)19-31-20-28-23(16-25(31)33)30-17-26(18-30)9-13-35-14-10-26/h2-6,16,20-21,34H,7-15,17-19H2,1H3/t21-/m1/s1. The molecule has 35 heavy (non-hydrogen) atoms. The first-order valence-corrected chi connectivity index (χ1v) is 12.8. The van der Waals surface area contributed by atoms with Gasteiger partial charge in [0.15, 0.2) is 0 Å². The van der Waals surface area contributed by atoms with Crippen molar-refractivity contribution in [3.05, 3.63) is 58.6 Å². The molecule has 3 saturated heterocycles. The highest BCUT2D eigenvalue weighted by molar-refractivity contribution is 5.77. The Balaban J connectivity index is 1.13. The highest BCUT2D eigenvalue weighted by Crippen LogP contribution is 2.41. The van der Waals surface area contributed by atoms with Crippen LogP contribution in [0.4, 0.5) is 5.82 Å². The van der Waals surface area contributed by atoms with E-state index in [1.165, 1.54) is 4.57 Å². The summed E-state index contributed by atoms with van der Waals surface area (Å²) in [6.45, 7) is 6.73. The molecule has 3 aliphatic rings. The van der Waals surface area contributed by atoms with E-state index >= 15 is 0 Å². The SMILES string of the molecule is C[C@H](CC(=O)N1CCC(O)(Cn2cnc(N3CC4(CCOCC4)C3)cc2=O)CC1)c1ccccc1. The van der Waals surface area contributed by atoms with Crippen LogP contribution < -0.4 is 10.5 Å². The number of carbonyl (C=O) groups is 1. The smallest absolute Gasteiger partial charge is 0.255 e. The average molecular weight is 481 g/mol. The minimum absolute atomic E-state index is 0.114. The summed E-state index contributed by atoms with van der Waals surface area (Å²) < 4.78 is 6.98. The van der Waals surface area contributed by atoms with Gasteiger partial charge in [0.1, 0.15) is 5.82 Å². The van der Waals surface area contributed by atoms with Gasteiger partial charge >= 0.3 is 0 Å². The zero-order valence-corrected chi connectivity index (χ0v) is 20.6. The van der Waals surface area contributed by atoms with Crippen LogP contribution in [0.2, 0.25) is 0 Å². The summed E-state index contributed by atoms with van der Waals surface area (Å²) in [6.07, 6.45) is 5.05. The van der Waals surface area contributed by atoms with Crippen LogP contribution in [-0.2, 0) is 16.1 Å². The summed E-state index contributed by atoms with van der Waals surface area (Å²) >= 11 is 0. The Morgan fingerprint density at radius 2 is 1.80 bits per heavy atom. The number of hydrogen-bond donors (Lipinski definition) is 1. The van der Waals surface area contributed by atoms with E-state index in [4.69, 9.17) is 4.74 Å². The van der Waals surface area contributed by atoms with Crippen molar-refractivity contribution in [2.75, 3.05) is 44.3 Å². The van der Waals surface area contributed by atoms with Gasteiger partial charge in [-0.2, -0.15) is 0 Å². The Bertz CT molecular complexity index is 1080. The van der Waals surface area contributed by atoms with E-state index < -0.39 is 5.60 Å². The maximum absolute atomic E-state index is 12.8. The Kier molecular flexibility index (Phi) is 6.68. The molecule has 1 atom stereocenters. The fraction of sp³-hybridized carbons (Fsp3) is 0.593. The number of anilines is 1. The number of aliphatic hydroxyl groups is 1. The maximum Gasteiger partial charge on any atom is 0.255 e. The Hall–Kier alpha value is -2.71. The number of nitrogens with zero attached hydrogens (tertiary/aromatic N) is 4. The van der Waals surface area contributed by atoms with Crippen molar-refractivity contribution < 1.29 is 14.6 Å². The van der Waals surface area contributed by atoms with Crippen LogP contribution in [0.25, 0.3) is 0 Å². The van der Waals surface area contributed by atoms with Crippen molar-refractivity contribution in [2.24, 2.45) is 5.41 Å². The highest BCUT2D eigenvalue weighted by Gasteiger charge is 2.44. The molecule has 0 bridgehead atoms. The lowest BCUT2D eigenvalue weighted by atomic mass is 9.73. The quantitative estimate of drug-likeness (QED) is 0.683. The molecule has 5 rings (SSSR count). The van der Waals surface area contributed by atoms with Crippen molar-refractivity contribution in [3.63, 3.8) is 0 Å². The van der Waals surface area contributed by atoms with Crippen molar-refractivity contribution in [1.29, 1.82) is 0 Å². The largest absolute Gasteiger partial charge is 0.388 e. The molecule has 8 heteroatoms. The topological polar surface area (TPSA) is 87.9 Å². The number of aromatic nitrogens is 2. The molecule has 8 nitrogen and oxygen atoms in total. The molecule has 0 radical (unpaired) electrons. The fourth-order valence-electron chi connectivity index (χ4n) is 5.69. The molecule has 188 valence electrons. The number of rotatable bonds is 6. The third-order valence-electron chi connectivity index (χ3n) is 8.16. The molecule has 0 aliphatic carbocycles. The number of likely N-dealkylation sites (tertiary alicyclic amines) is 1. The van der Waals surface area contributed by atoms with E-state index in [1.807, 2.05) is 23.1 Å². The Morgan fingerprint density at radius 1 is 1.11 bits per heavy atom. The van der Waals surface area contributed by atoms with Crippen LogP contribution in [0.3, 0.4) is 0 Å². The number of ether oxygens (including phenoxy) is 1. The van der Waals surface area contributed by atoms with Crippen LogP contribution in [0.5, 0.6) is 0 Å². The number of hydrogen-bond acceptors (Lipinski definition) is 6. The lowest BCUT2D eigenvalue weighted by Gasteiger charge is -2.52. The summed E-state index contributed by atoms with van der Waals surface area (Å²) in [7, 11) is 0. The molecular weight excluding hydrogens is 444 g/mol. The lowest BCUT2D eigenvalue weighted by molar-refractivity contribution is -0.136. The van der Waals surface area contributed by atoms with E-state index in [0.717, 1.165) is 44.7 Å². The summed E-state index contributed by atoms with van der Waals surface area (Å²) in [5.41, 5.74) is 0.309. The molecule has 1 aromatic carbocycles. The van der Waals surface area contributed by atoms with E-state index in [0.29, 0.717) is 43.6 Å². The highest BCUT2D eigenvalue weighted by atomic mass is 16.5. The third-order valence-corrected chi connectivity index (χ3v) is 8.16. The van der Waals surface area contributed by atoms with E-state index in [2.05, 4.69) is 28.9 Å². The van der Waals surface area contributed by atoms with Gasteiger partial charge in [-0.05, 0) is 37.2 Å². The van der Waals surface area contributed by atoms with Gasteiger partial charge in [0.2, 0.25) is 5.91 Å². The van der Waals surface area contributed by atoms with Gasteiger partial charge < -0.3 is 19.6 Å². The van der Waals surface area contributed by atoms with E-state index in [1.54, 1.807) is 12.4 Å². The molecule has 0 saturated carbocycles. The first-order valence-electron chi connectivity index (χ1n) is 12.8. The van der Waals surface area contributed by atoms with E-state index in [9.17, 15) is 14.7 Å². The van der Waals surface area contributed by atoms with Gasteiger partial charge in [0.25, 0.3) is 5.56 Å². The molecule has 1 aromatic heterocycles. The Morgan fingerprint density at radius 3 is 2.46 bits per heavy atom. The molecular formula is C27H36N4O4. The first-order chi connectivity index (χ1) is 16.8. The average Bonchev–Trinajstić information content (AvgIpc) is 2.85. The Labute approximate surface area is 206 Å². The zero-order valence-electron chi connectivity index (χ0n) is 20.6. The van der Waals surface area contributed by atoms with Crippen molar-refractivity contribution >= 4 is 11.7 Å². The zero-order chi connectivity index (χ0) is 24.5. The normalized spacial score (nSPS) is 22.0. The van der Waals surface area contributed by atoms with Gasteiger partial charge in [-0.25, -0.2) is 4.98 Å². The van der Waals surface area contributed by atoms with Crippen LogP contribution in [0, 0.1) is 5.41 Å². The molecule has 0 unspecified atom stereocenters. The van der Waals surface area contributed by atoms with Gasteiger partial charge in [-0.3, -0.25) is 14.2 Å². The third kappa shape index (κ3) is 5.28.